The zero-order chi connectivity index (χ0) is 33.8. The summed E-state index contributed by atoms with van der Waals surface area (Å²) >= 11 is 0. The molecule has 1 aromatic heterocycles. The molecule has 2 aliphatic rings. The summed E-state index contributed by atoms with van der Waals surface area (Å²) in [6, 6.07) is 55.6. The van der Waals surface area contributed by atoms with Gasteiger partial charge in [-0.15, -0.1) is 0 Å². The van der Waals surface area contributed by atoms with Crippen LogP contribution in [-0.2, 0) is 10.8 Å². The van der Waals surface area contributed by atoms with Crippen molar-refractivity contribution in [3.8, 4) is 33.4 Å². The molecule has 2 aliphatic carbocycles. The Balaban J connectivity index is 1.28. The number of hydrogen-bond donors (Lipinski definition) is 0. The molecule has 8 aromatic rings. The Morgan fingerprint density at radius 3 is 1.52 bits per heavy atom. The van der Waals surface area contributed by atoms with E-state index in [-0.39, 0.29) is 10.8 Å². The Morgan fingerprint density at radius 2 is 0.880 bits per heavy atom. The number of benzene rings is 7. The van der Waals surface area contributed by atoms with Crippen LogP contribution in [0.15, 0.2) is 156 Å². The van der Waals surface area contributed by atoms with Crippen molar-refractivity contribution in [1.82, 2.24) is 0 Å². The van der Waals surface area contributed by atoms with Crippen molar-refractivity contribution < 1.29 is 4.42 Å². The molecule has 0 amide bonds. The summed E-state index contributed by atoms with van der Waals surface area (Å²) in [6.45, 7) is 9.55. The van der Waals surface area contributed by atoms with Crippen molar-refractivity contribution in [2.24, 2.45) is 0 Å². The highest BCUT2D eigenvalue weighted by Crippen LogP contribution is 2.58. The van der Waals surface area contributed by atoms with Gasteiger partial charge in [0.1, 0.15) is 11.2 Å². The second-order valence-corrected chi connectivity index (χ2v) is 14.9. The third-order valence-corrected chi connectivity index (χ3v) is 11.4. The average molecular weight is 644 g/mol. The molecular formula is C48H37NO. The molecule has 0 saturated heterocycles. The predicted octanol–water partition coefficient (Wildman–Crippen LogP) is 13.3. The molecule has 2 nitrogen and oxygen atoms in total. The molecule has 0 bridgehead atoms. The third kappa shape index (κ3) is 3.91. The lowest BCUT2D eigenvalue weighted by atomic mass is 9.79. The van der Waals surface area contributed by atoms with E-state index in [1.807, 2.05) is 6.07 Å². The Bertz CT molecular complexity index is 2560. The third-order valence-electron chi connectivity index (χ3n) is 11.4. The van der Waals surface area contributed by atoms with Gasteiger partial charge < -0.3 is 9.32 Å². The van der Waals surface area contributed by atoms with E-state index < -0.39 is 0 Å². The van der Waals surface area contributed by atoms with Gasteiger partial charge in [0.25, 0.3) is 0 Å². The summed E-state index contributed by atoms with van der Waals surface area (Å²) in [5, 5.41) is 2.27. The maximum atomic E-state index is 6.26. The molecule has 0 saturated carbocycles. The highest BCUT2D eigenvalue weighted by atomic mass is 16.3. The van der Waals surface area contributed by atoms with Crippen LogP contribution in [0.2, 0.25) is 0 Å². The molecule has 7 aromatic carbocycles. The first kappa shape index (κ1) is 29.1. The summed E-state index contributed by atoms with van der Waals surface area (Å²) in [7, 11) is 0. The topological polar surface area (TPSA) is 16.4 Å². The molecule has 0 radical (unpaired) electrons. The van der Waals surface area contributed by atoms with Gasteiger partial charge in [-0.05, 0) is 86.5 Å². The van der Waals surface area contributed by atoms with Gasteiger partial charge in [0, 0.05) is 27.2 Å². The van der Waals surface area contributed by atoms with Gasteiger partial charge in [0.05, 0.1) is 17.1 Å². The molecule has 10 rings (SSSR count). The van der Waals surface area contributed by atoms with Crippen molar-refractivity contribution in [2.75, 3.05) is 4.90 Å². The Labute approximate surface area is 293 Å². The van der Waals surface area contributed by atoms with Crippen molar-refractivity contribution >= 4 is 39.0 Å². The second kappa shape index (κ2) is 10.3. The summed E-state index contributed by atoms with van der Waals surface area (Å²) in [4.78, 5) is 2.58. The highest BCUT2D eigenvalue weighted by molar-refractivity contribution is 6.07. The fourth-order valence-electron chi connectivity index (χ4n) is 9.21. The minimum absolute atomic E-state index is 0.194. The summed E-state index contributed by atoms with van der Waals surface area (Å²) in [6.07, 6.45) is 0. The zero-order valence-electron chi connectivity index (χ0n) is 28.8. The van der Waals surface area contributed by atoms with Gasteiger partial charge in [-0.3, -0.25) is 0 Å². The van der Waals surface area contributed by atoms with Crippen LogP contribution in [0.3, 0.4) is 0 Å². The van der Waals surface area contributed by atoms with Gasteiger partial charge in [0.2, 0.25) is 0 Å². The number of para-hydroxylation sites is 2. The predicted molar refractivity (Wildman–Crippen MR) is 209 cm³/mol. The maximum Gasteiger partial charge on any atom is 0.135 e. The van der Waals surface area contributed by atoms with E-state index in [9.17, 15) is 0 Å². The van der Waals surface area contributed by atoms with Crippen LogP contribution in [-0.4, -0.2) is 0 Å². The molecule has 0 N–H and O–H groups in total. The molecule has 0 atom stereocenters. The van der Waals surface area contributed by atoms with E-state index in [1.165, 1.54) is 61.4 Å². The van der Waals surface area contributed by atoms with E-state index in [4.69, 9.17) is 4.42 Å². The van der Waals surface area contributed by atoms with Crippen molar-refractivity contribution in [3.63, 3.8) is 0 Å². The molecule has 0 unspecified atom stereocenters. The van der Waals surface area contributed by atoms with Crippen LogP contribution in [0, 0.1) is 0 Å². The number of nitrogens with zero attached hydrogens (tertiary/aromatic N) is 1. The Hall–Kier alpha value is -5.86. The van der Waals surface area contributed by atoms with Gasteiger partial charge in [-0.1, -0.05) is 143 Å². The summed E-state index contributed by atoms with van der Waals surface area (Å²) in [5.74, 6) is 0. The van der Waals surface area contributed by atoms with Crippen LogP contribution in [0.5, 0.6) is 0 Å². The SMILES string of the molecule is CC1(C)c2ccccc2-c2cccc(N(c3ccccc3-c3ccc4oc5ccccc5c4c3)c3cccc4c3C(C)(C)c3ccccc3-4)c21. The van der Waals surface area contributed by atoms with Crippen LogP contribution in [0.1, 0.15) is 49.9 Å². The zero-order valence-corrected chi connectivity index (χ0v) is 28.8. The number of rotatable bonds is 4. The number of fused-ring (bicyclic) bond motifs is 9. The smallest absolute Gasteiger partial charge is 0.135 e. The highest BCUT2D eigenvalue weighted by Gasteiger charge is 2.42. The molecule has 0 aliphatic heterocycles. The second-order valence-electron chi connectivity index (χ2n) is 14.9. The van der Waals surface area contributed by atoms with Crippen LogP contribution in [0.4, 0.5) is 17.1 Å². The molecule has 1 heterocycles. The van der Waals surface area contributed by atoms with Gasteiger partial charge >= 0.3 is 0 Å². The quantitative estimate of drug-likeness (QED) is 0.190. The first-order valence-electron chi connectivity index (χ1n) is 17.6. The van der Waals surface area contributed by atoms with Gasteiger partial charge in [-0.25, -0.2) is 0 Å². The van der Waals surface area contributed by atoms with Crippen LogP contribution >= 0.6 is 0 Å². The minimum Gasteiger partial charge on any atom is -0.456 e. The van der Waals surface area contributed by atoms with E-state index >= 15 is 0 Å². The van der Waals surface area contributed by atoms with Gasteiger partial charge in [0.15, 0.2) is 0 Å². The molecule has 2 heteroatoms. The summed E-state index contributed by atoms with van der Waals surface area (Å²) < 4.78 is 6.26. The van der Waals surface area contributed by atoms with Crippen molar-refractivity contribution in [1.29, 1.82) is 0 Å². The number of anilines is 3. The number of furan rings is 1. The van der Waals surface area contributed by atoms with E-state index in [2.05, 4.69) is 178 Å². The number of hydrogen-bond acceptors (Lipinski definition) is 2. The van der Waals surface area contributed by atoms with E-state index in [0.717, 1.165) is 33.2 Å². The Kier molecular flexibility index (Phi) is 6.01. The first-order chi connectivity index (χ1) is 24.3. The molecule has 50 heavy (non-hydrogen) atoms. The molecular weight excluding hydrogens is 607 g/mol. The lowest BCUT2D eigenvalue weighted by Crippen LogP contribution is -2.24. The molecule has 0 spiro atoms. The molecule has 0 fully saturated rings. The normalized spacial score (nSPS) is 14.7. The van der Waals surface area contributed by atoms with Crippen LogP contribution in [0.25, 0.3) is 55.3 Å². The Morgan fingerprint density at radius 1 is 0.400 bits per heavy atom. The first-order valence-corrected chi connectivity index (χ1v) is 17.6. The monoisotopic (exact) mass is 643 g/mol. The maximum absolute atomic E-state index is 6.26. The largest absolute Gasteiger partial charge is 0.456 e. The lowest BCUT2D eigenvalue weighted by Gasteiger charge is -2.36. The standard InChI is InChI=1S/C48H37NO/c1-47(2)38-21-9-5-16-32(38)35-19-13-24-41(45(35)47)49(42-25-14-20-36-33-17-6-10-22-39(33)48(3,4)46(36)42)40-23-11-7-15-31(40)30-27-28-44-37(29-30)34-18-8-12-26-43(34)50-44/h5-29H,1-4H3. The van der Waals surface area contributed by atoms with Crippen molar-refractivity contribution in [2.45, 2.75) is 38.5 Å². The summed E-state index contributed by atoms with van der Waals surface area (Å²) in [5.41, 5.74) is 18.1. The fourth-order valence-corrected chi connectivity index (χ4v) is 9.21. The molecule has 240 valence electrons. The van der Waals surface area contributed by atoms with Crippen LogP contribution < -0.4 is 4.90 Å². The minimum atomic E-state index is -0.194. The fraction of sp³-hybridized carbons (Fsp3) is 0.125. The average Bonchev–Trinajstić information content (AvgIpc) is 3.72. The van der Waals surface area contributed by atoms with E-state index in [1.54, 1.807) is 0 Å². The van der Waals surface area contributed by atoms with Crippen molar-refractivity contribution in [3.05, 3.63) is 174 Å². The van der Waals surface area contributed by atoms with Gasteiger partial charge in [-0.2, -0.15) is 0 Å². The van der Waals surface area contributed by atoms with E-state index in [0.29, 0.717) is 0 Å². The lowest BCUT2D eigenvalue weighted by molar-refractivity contribution is 0.656.